The molecule has 3 atom stereocenters. The number of anilines is 1. The van der Waals surface area contributed by atoms with E-state index in [9.17, 15) is 14.3 Å². The molecule has 3 unspecified atom stereocenters. The third-order valence-corrected chi connectivity index (χ3v) is 6.65. The van der Waals surface area contributed by atoms with Crippen molar-refractivity contribution >= 4 is 11.8 Å². The highest BCUT2D eigenvalue weighted by atomic mass is 19.1. The van der Waals surface area contributed by atoms with Crippen LogP contribution in [-0.4, -0.2) is 52.4 Å². The van der Waals surface area contributed by atoms with Crippen LogP contribution in [0, 0.1) is 0 Å². The lowest BCUT2D eigenvalue weighted by molar-refractivity contribution is 0.119. The largest absolute Gasteiger partial charge is 0.489 e. The number of nitrogens with one attached hydrogen (secondary N) is 1. The molecule has 1 amide bonds. The summed E-state index contributed by atoms with van der Waals surface area (Å²) in [6.45, 7) is 2.84. The molecule has 1 saturated heterocycles. The maximum atomic E-state index is 14.2. The van der Waals surface area contributed by atoms with Gasteiger partial charge in [-0.1, -0.05) is 0 Å². The highest BCUT2D eigenvalue weighted by Gasteiger charge is 2.33. The van der Waals surface area contributed by atoms with Crippen molar-refractivity contribution in [2.45, 2.75) is 63.4 Å². The van der Waals surface area contributed by atoms with Gasteiger partial charge in [-0.05, 0) is 51.2 Å². The zero-order chi connectivity index (χ0) is 20.8. The van der Waals surface area contributed by atoms with Crippen molar-refractivity contribution in [3.05, 3.63) is 30.1 Å². The summed E-state index contributed by atoms with van der Waals surface area (Å²) in [6, 6.07) is 3.41. The Bertz CT molecular complexity index is 958. The number of carboxylic acid groups (broad SMARTS) is 1. The van der Waals surface area contributed by atoms with Crippen LogP contribution in [0.1, 0.15) is 44.2 Å². The van der Waals surface area contributed by atoms with E-state index in [1.54, 1.807) is 10.9 Å². The average molecular weight is 414 g/mol. The van der Waals surface area contributed by atoms with E-state index < -0.39 is 12.3 Å². The number of halogens is 1. The monoisotopic (exact) mass is 414 g/mol. The number of nitrogens with zero attached hydrogens (tertiary/aromatic N) is 3. The zero-order valence-corrected chi connectivity index (χ0v) is 17.1. The van der Waals surface area contributed by atoms with Gasteiger partial charge in [-0.2, -0.15) is 5.10 Å². The molecule has 1 aromatic carbocycles. The van der Waals surface area contributed by atoms with Gasteiger partial charge in [0.1, 0.15) is 11.9 Å². The van der Waals surface area contributed by atoms with E-state index in [-0.39, 0.29) is 18.2 Å². The molecule has 1 saturated carbocycles. The summed E-state index contributed by atoms with van der Waals surface area (Å²) < 4.78 is 22.3. The maximum Gasteiger partial charge on any atom is 0.412 e. The molecule has 7 nitrogen and oxygen atoms in total. The Morgan fingerprint density at radius 2 is 2.13 bits per heavy atom. The first-order chi connectivity index (χ1) is 14.5. The molecule has 1 aromatic heterocycles. The van der Waals surface area contributed by atoms with Crippen molar-refractivity contribution in [3.63, 3.8) is 0 Å². The number of rotatable bonds is 4. The van der Waals surface area contributed by atoms with Gasteiger partial charge >= 0.3 is 6.09 Å². The number of alkyl halides is 1. The molecule has 3 heterocycles. The van der Waals surface area contributed by atoms with Crippen molar-refractivity contribution in [1.82, 2.24) is 15.1 Å². The van der Waals surface area contributed by atoms with Gasteiger partial charge in [0.05, 0.1) is 24.0 Å². The smallest absolute Gasteiger partial charge is 0.412 e. The van der Waals surface area contributed by atoms with E-state index in [0.29, 0.717) is 18.8 Å². The molecule has 3 aliphatic rings. The lowest BCUT2D eigenvalue weighted by atomic mass is 9.91. The van der Waals surface area contributed by atoms with Gasteiger partial charge in [0.25, 0.3) is 0 Å². The quantitative estimate of drug-likeness (QED) is 0.796. The summed E-state index contributed by atoms with van der Waals surface area (Å²) >= 11 is 0. The van der Waals surface area contributed by atoms with Crippen LogP contribution >= 0.6 is 0 Å². The molecule has 0 radical (unpaired) electrons. The predicted molar refractivity (Wildman–Crippen MR) is 111 cm³/mol. The lowest BCUT2D eigenvalue weighted by Gasteiger charge is -2.36. The lowest BCUT2D eigenvalue weighted by Crippen LogP contribution is -2.41. The Balaban J connectivity index is 1.57. The molecule has 5 rings (SSSR count). The second-order valence-corrected chi connectivity index (χ2v) is 8.60. The second-order valence-electron chi connectivity index (χ2n) is 8.60. The Kier molecular flexibility index (Phi) is 4.89. The molecule has 160 valence electrons. The highest BCUT2D eigenvalue weighted by Crippen LogP contribution is 2.44. The first kappa shape index (κ1) is 19.4. The van der Waals surface area contributed by atoms with Gasteiger partial charge in [0.2, 0.25) is 0 Å². The third-order valence-electron chi connectivity index (χ3n) is 6.65. The van der Waals surface area contributed by atoms with Crippen molar-refractivity contribution < 1.29 is 19.0 Å². The van der Waals surface area contributed by atoms with Crippen LogP contribution in [0.4, 0.5) is 14.9 Å². The molecule has 2 fully saturated rings. The number of hydrogen-bond acceptors (Lipinski definition) is 4. The van der Waals surface area contributed by atoms with E-state index in [4.69, 9.17) is 4.74 Å². The molecule has 2 aromatic rings. The first-order valence-corrected chi connectivity index (χ1v) is 10.8. The fourth-order valence-electron chi connectivity index (χ4n) is 4.66. The van der Waals surface area contributed by atoms with E-state index in [1.807, 2.05) is 25.3 Å². The van der Waals surface area contributed by atoms with Crippen LogP contribution in [0.3, 0.4) is 0 Å². The minimum atomic E-state index is -0.961. The normalized spacial score (nSPS) is 26.3. The van der Waals surface area contributed by atoms with Crippen LogP contribution in [0.25, 0.3) is 11.1 Å². The van der Waals surface area contributed by atoms with Crippen molar-refractivity contribution in [2.24, 2.45) is 0 Å². The summed E-state index contributed by atoms with van der Waals surface area (Å²) in [6.07, 6.45) is 6.58. The minimum absolute atomic E-state index is 0.0727. The number of aromatic nitrogens is 2. The summed E-state index contributed by atoms with van der Waals surface area (Å²) in [5, 5.41) is 17.2. The van der Waals surface area contributed by atoms with E-state index in [1.165, 1.54) is 4.90 Å². The standard InChI is InChI=1S/C22H27FN4O3/c1-13-5-6-17-19(27(13)22(28)29)8-7-16(21(17)30-15-3-2-4-15)14-9-25-26(12-14)20-11-24-10-18(20)23/h7-9,12-13,15,18,20,24H,2-6,10-11H2,1H3,(H,28,29). The van der Waals surface area contributed by atoms with Crippen molar-refractivity contribution in [1.29, 1.82) is 0 Å². The minimum Gasteiger partial charge on any atom is -0.489 e. The van der Waals surface area contributed by atoms with Crippen LogP contribution in [0.5, 0.6) is 5.75 Å². The number of carbonyl (C=O) groups is 1. The van der Waals surface area contributed by atoms with Gasteiger partial charge in [-0.15, -0.1) is 0 Å². The molecule has 0 bridgehead atoms. The van der Waals surface area contributed by atoms with Gasteiger partial charge in [0.15, 0.2) is 0 Å². The van der Waals surface area contributed by atoms with Crippen molar-refractivity contribution in [2.75, 3.05) is 18.0 Å². The highest BCUT2D eigenvalue weighted by molar-refractivity contribution is 5.91. The number of fused-ring (bicyclic) bond motifs is 1. The van der Waals surface area contributed by atoms with Gasteiger partial charge < -0.3 is 15.2 Å². The molecule has 2 aliphatic heterocycles. The van der Waals surface area contributed by atoms with Gasteiger partial charge in [-0.25, -0.2) is 9.18 Å². The Morgan fingerprint density at radius 3 is 2.80 bits per heavy atom. The Morgan fingerprint density at radius 1 is 1.30 bits per heavy atom. The van der Waals surface area contributed by atoms with Crippen molar-refractivity contribution in [3.8, 4) is 16.9 Å². The van der Waals surface area contributed by atoms with Crippen LogP contribution in [-0.2, 0) is 6.42 Å². The predicted octanol–water partition coefficient (Wildman–Crippen LogP) is 3.78. The molecule has 0 spiro atoms. The number of hydrogen-bond donors (Lipinski definition) is 2. The Labute approximate surface area is 174 Å². The summed E-state index contributed by atoms with van der Waals surface area (Å²) in [4.78, 5) is 13.3. The van der Waals surface area contributed by atoms with Gasteiger partial charge in [-0.3, -0.25) is 9.58 Å². The summed E-state index contributed by atoms with van der Waals surface area (Å²) in [5.41, 5.74) is 3.41. The molecule has 30 heavy (non-hydrogen) atoms. The maximum absolute atomic E-state index is 14.2. The van der Waals surface area contributed by atoms with Gasteiger partial charge in [0, 0.05) is 42.0 Å². The first-order valence-electron chi connectivity index (χ1n) is 10.8. The molecular formula is C22H27FN4O3. The topological polar surface area (TPSA) is 79.6 Å². The number of benzene rings is 1. The second kappa shape index (κ2) is 7.58. The SMILES string of the molecule is CC1CCc2c(ccc(-c3cnn(C4CNCC4F)c3)c2OC2CCC2)N1C(=O)O. The van der Waals surface area contributed by atoms with Crippen LogP contribution in [0.15, 0.2) is 24.5 Å². The fourth-order valence-corrected chi connectivity index (χ4v) is 4.66. The average Bonchev–Trinajstić information content (AvgIpc) is 3.32. The molecule has 8 heteroatoms. The van der Waals surface area contributed by atoms with E-state index >= 15 is 0 Å². The molecular weight excluding hydrogens is 387 g/mol. The zero-order valence-electron chi connectivity index (χ0n) is 17.1. The third kappa shape index (κ3) is 3.23. The Hall–Kier alpha value is -2.61. The van der Waals surface area contributed by atoms with Crippen LogP contribution in [0.2, 0.25) is 0 Å². The van der Waals surface area contributed by atoms with E-state index in [0.717, 1.165) is 54.5 Å². The number of ether oxygens (including phenoxy) is 1. The molecule has 1 aliphatic carbocycles. The molecule has 2 N–H and O–H groups in total. The summed E-state index contributed by atoms with van der Waals surface area (Å²) in [5.74, 6) is 0.760. The number of amides is 1. The van der Waals surface area contributed by atoms with E-state index in [2.05, 4.69) is 10.4 Å². The van der Waals surface area contributed by atoms with Crippen LogP contribution < -0.4 is 15.0 Å². The fraction of sp³-hybridized carbons (Fsp3) is 0.545. The summed E-state index contributed by atoms with van der Waals surface area (Å²) in [7, 11) is 0.